The first-order valence-electron chi connectivity index (χ1n) is 6.65. The van der Waals surface area contributed by atoms with E-state index in [0.29, 0.717) is 25.3 Å². The van der Waals surface area contributed by atoms with Gasteiger partial charge in [0.1, 0.15) is 5.75 Å². The number of nitrogens with one attached hydrogen (secondary N) is 1. The quantitative estimate of drug-likeness (QED) is 0.848. The van der Waals surface area contributed by atoms with Gasteiger partial charge in [-0.1, -0.05) is 0 Å². The van der Waals surface area contributed by atoms with Gasteiger partial charge in [0.05, 0.1) is 16.5 Å². The summed E-state index contributed by atoms with van der Waals surface area (Å²) in [5.41, 5.74) is 0.962. The molecule has 1 heterocycles. The average Bonchev–Trinajstić information content (AvgIpc) is 2.85. The standard InChI is InChI=1S/C14H18N2O3S2/c1-3-19-12-4-6-13(7-5-12)21(17,18)15-9-8-14-16-11(2)10-20-14/h4-7,10,15H,3,8-9H2,1-2H3. The lowest BCUT2D eigenvalue weighted by molar-refractivity contribution is 0.340. The highest BCUT2D eigenvalue weighted by Gasteiger charge is 2.13. The molecule has 1 aromatic carbocycles. The molecule has 0 amide bonds. The molecule has 21 heavy (non-hydrogen) atoms. The summed E-state index contributed by atoms with van der Waals surface area (Å²) in [5.74, 6) is 0.662. The minimum absolute atomic E-state index is 0.237. The number of hydrogen-bond donors (Lipinski definition) is 1. The van der Waals surface area contributed by atoms with E-state index in [1.54, 1.807) is 35.6 Å². The van der Waals surface area contributed by atoms with E-state index in [9.17, 15) is 8.42 Å². The van der Waals surface area contributed by atoms with Gasteiger partial charge in [0.15, 0.2) is 0 Å². The van der Waals surface area contributed by atoms with Crippen LogP contribution in [0.5, 0.6) is 5.75 Å². The van der Waals surface area contributed by atoms with Crippen LogP contribution in [-0.4, -0.2) is 26.6 Å². The number of nitrogens with zero attached hydrogens (tertiary/aromatic N) is 1. The van der Waals surface area contributed by atoms with E-state index < -0.39 is 10.0 Å². The summed E-state index contributed by atoms with van der Waals surface area (Å²) in [7, 11) is -3.48. The van der Waals surface area contributed by atoms with Crippen LogP contribution < -0.4 is 9.46 Å². The summed E-state index contributed by atoms with van der Waals surface area (Å²) >= 11 is 1.54. The Morgan fingerprint density at radius 3 is 2.57 bits per heavy atom. The van der Waals surface area contributed by atoms with Crippen molar-refractivity contribution in [3.05, 3.63) is 40.3 Å². The molecular weight excluding hydrogens is 308 g/mol. The fourth-order valence-corrected chi connectivity index (χ4v) is 3.58. The van der Waals surface area contributed by atoms with Crippen LogP contribution >= 0.6 is 11.3 Å². The minimum Gasteiger partial charge on any atom is -0.494 e. The normalized spacial score (nSPS) is 11.5. The summed E-state index contributed by atoms with van der Waals surface area (Å²) in [6.45, 7) is 4.69. The van der Waals surface area contributed by atoms with Crippen LogP contribution in [0.15, 0.2) is 34.5 Å². The molecule has 0 aliphatic carbocycles. The SMILES string of the molecule is CCOc1ccc(S(=O)(=O)NCCc2nc(C)cs2)cc1. The van der Waals surface area contributed by atoms with Gasteiger partial charge >= 0.3 is 0 Å². The van der Waals surface area contributed by atoms with Crippen molar-refractivity contribution in [1.29, 1.82) is 0 Å². The fourth-order valence-electron chi connectivity index (χ4n) is 1.77. The molecule has 5 nitrogen and oxygen atoms in total. The summed E-state index contributed by atoms with van der Waals surface area (Å²) in [4.78, 5) is 4.54. The third-order valence-electron chi connectivity index (χ3n) is 2.74. The molecule has 7 heteroatoms. The second-order valence-electron chi connectivity index (χ2n) is 4.43. The molecule has 0 fully saturated rings. The third kappa shape index (κ3) is 4.52. The molecule has 0 saturated carbocycles. The van der Waals surface area contributed by atoms with Gasteiger partial charge < -0.3 is 4.74 Å². The molecule has 1 aromatic heterocycles. The number of hydrogen-bond acceptors (Lipinski definition) is 5. The molecule has 0 aliphatic rings. The van der Waals surface area contributed by atoms with E-state index >= 15 is 0 Å². The van der Waals surface area contributed by atoms with Gasteiger partial charge in [0.2, 0.25) is 10.0 Å². The molecule has 0 bridgehead atoms. The highest BCUT2D eigenvalue weighted by molar-refractivity contribution is 7.89. The Kier molecular flexibility index (Phi) is 5.33. The molecule has 0 aliphatic heterocycles. The summed E-state index contributed by atoms with van der Waals surface area (Å²) in [5, 5.41) is 2.89. The smallest absolute Gasteiger partial charge is 0.240 e. The summed E-state index contributed by atoms with van der Waals surface area (Å²) < 4.78 is 32.1. The monoisotopic (exact) mass is 326 g/mol. The molecule has 0 atom stereocenters. The number of rotatable bonds is 7. The van der Waals surface area contributed by atoms with E-state index in [1.807, 2.05) is 19.2 Å². The predicted molar refractivity (Wildman–Crippen MR) is 83.4 cm³/mol. The summed E-state index contributed by atoms with van der Waals surface area (Å²) in [6, 6.07) is 6.40. The first-order chi connectivity index (χ1) is 10.0. The molecule has 1 N–H and O–H groups in total. The van der Waals surface area contributed by atoms with Crippen molar-refractivity contribution in [2.45, 2.75) is 25.2 Å². The van der Waals surface area contributed by atoms with Crippen LogP contribution in [0, 0.1) is 6.92 Å². The van der Waals surface area contributed by atoms with Crippen molar-refractivity contribution in [2.24, 2.45) is 0 Å². The lowest BCUT2D eigenvalue weighted by Crippen LogP contribution is -2.25. The Labute approximate surface area is 129 Å². The number of aryl methyl sites for hydroxylation is 1. The Morgan fingerprint density at radius 1 is 1.29 bits per heavy atom. The highest BCUT2D eigenvalue weighted by atomic mass is 32.2. The van der Waals surface area contributed by atoms with Gasteiger partial charge in [-0.3, -0.25) is 0 Å². The van der Waals surface area contributed by atoms with Gasteiger partial charge in [-0.05, 0) is 38.1 Å². The van der Waals surface area contributed by atoms with E-state index in [2.05, 4.69) is 9.71 Å². The number of thiazole rings is 1. The van der Waals surface area contributed by atoms with Crippen LogP contribution in [0.1, 0.15) is 17.6 Å². The highest BCUT2D eigenvalue weighted by Crippen LogP contribution is 2.16. The number of ether oxygens (including phenoxy) is 1. The van der Waals surface area contributed by atoms with Crippen LogP contribution in [0.2, 0.25) is 0 Å². The lowest BCUT2D eigenvalue weighted by atomic mass is 10.3. The van der Waals surface area contributed by atoms with Crippen LogP contribution in [0.4, 0.5) is 0 Å². The van der Waals surface area contributed by atoms with Crippen LogP contribution in [-0.2, 0) is 16.4 Å². The Bertz CT molecular complexity index is 678. The summed E-state index contributed by atoms with van der Waals surface area (Å²) in [6.07, 6.45) is 0.592. The maximum atomic E-state index is 12.1. The van der Waals surface area contributed by atoms with E-state index in [0.717, 1.165) is 10.7 Å². The third-order valence-corrected chi connectivity index (χ3v) is 5.25. The maximum Gasteiger partial charge on any atom is 0.240 e. The first kappa shape index (κ1) is 15.9. The lowest BCUT2D eigenvalue weighted by Gasteiger charge is -2.07. The van der Waals surface area contributed by atoms with Crippen molar-refractivity contribution in [1.82, 2.24) is 9.71 Å². The van der Waals surface area contributed by atoms with Crippen molar-refractivity contribution >= 4 is 21.4 Å². The maximum absolute atomic E-state index is 12.1. The van der Waals surface area contributed by atoms with Crippen LogP contribution in [0.25, 0.3) is 0 Å². The molecule has 0 saturated heterocycles. The zero-order valence-corrected chi connectivity index (χ0v) is 13.6. The number of benzene rings is 1. The van der Waals surface area contributed by atoms with Gasteiger partial charge in [0, 0.05) is 24.0 Å². The number of aromatic nitrogens is 1. The Hall–Kier alpha value is -1.44. The van der Waals surface area contributed by atoms with Gasteiger partial charge in [-0.25, -0.2) is 18.1 Å². The molecular formula is C14H18N2O3S2. The zero-order chi connectivity index (χ0) is 15.3. The molecule has 2 rings (SSSR count). The average molecular weight is 326 g/mol. The number of sulfonamides is 1. The Morgan fingerprint density at radius 2 is 2.00 bits per heavy atom. The van der Waals surface area contributed by atoms with Crippen molar-refractivity contribution in [3.8, 4) is 5.75 Å². The van der Waals surface area contributed by atoms with Crippen molar-refractivity contribution < 1.29 is 13.2 Å². The largest absolute Gasteiger partial charge is 0.494 e. The van der Waals surface area contributed by atoms with Gasteiger partial charge in [-0.15, -0.1) is 11.3 Å². The molecule has 0 unspecified atom stereocenters. The van der Waals surface area contributed by atoms with Crippen molar-refractivity contribution in [3.63, 3.8) is 0 Å². The van der Waals surface area contributed by atoms with Crippen LogP contribution in [0.3, 0.4) is 0 Å². The topological polar surface area (TPSA) is 68.3 Å². The van der Waals surface area contributed by atoms with E-state index in [-0.39, 0.29) is 4.90 Å². The fraction of sp³-hybridized carbons (Fsp3) is 0.357. The molecule has 0 radical (unpaired) electrons. The second kappa shape index (κ2) is 7.02. The van der Waals surface area contributed by atoms with E-state index in [1.165, 1.54) is 0 Å². The molecule has 2 aromatic rings. The van der Waals surface area contributed by atoms with Gasteiger partial charge in [-0.2, -0.15) is 0 Å². The zero-order valence-electron chi connectivity index (χ0n) is 12.0. The van der Waals surface area contributed by atoms with Crippen molar-refractivity contribution in [2.75, 3.05) is 13.2 Å². The van der Waals surface area contributed by atoms with E-state index in [4.69, 9.17) is 4.74 Å². The Balaban J connectivity index is 1.94. The van der Waals surface area contributed by atoms with Gasteiger partial charge in [0.25, 0.3) is 0 Å². The minimum atomic E-state index is -3.48. The predicted octanol–water partition coefficient (Wildman–Crippen LogP) is 2.37. The molecule has 114 valence electrons. The first-order valence-corrected chi connectivity index (χ1v) is 9.01. The molecule has 0 spiro atoms. The second-order valence-corrected chi connectivity index (χ2v) is 7.14.